The molecule has 6 atom stereocenters. The minimum Gasteiger partial charge on any atom is -0.375 e. The van der Waals surface area contributed by atoms with E-state index in [0.717, 1.165) is 58.5 Å². The average molecular weight is 507 g/mol. The Morgan fingerprint density at radius 1 is 0.889 bits per heavy atom. The van der Waals surface area contributed by atoms with Crippen LogP contribution in [-0.4, -0.2) is 85.7 Å². The zero-order valence-corrected chi connectivity index (χ0v) is 24.1. The van der Waals surface area contributed by atoms with Crippen molar-refractivity contribution in [2.45, 2.75) is 104 Å². The summed E-state index contributed by atoms with van der Waals surface area (Å²) >= 11 is 0. The largest absolute Gasteiger partial charge is 0.375 e. The molecule has 3 aliphatic heterocycles. The van der Waals surface area contributed by atoms with E-state index in [1.54, 1.807) is 0 Å². The predicted octanol–water partition coefficient (Wildman–Crippen LogP) is 3.53. The average Bonchev–Trinajstić information content (AvgIpc) is 3.45. The van der Waals surface area contributed by atoms with Gasteiger partial charge in [-0.25, -0.2) is 0 Å². The standard InChI is InChI=1S/C29H54N4O3/c1-19(2)26(14-23-10-12-32(7)13-11-23)30-28(34)21(5)8-9-22(6)29(35)31-27(20(3)4)17-33-16-25-15-24(33)18-36-25/h19-27H,8-18H2,1-7H3,(H,30,34)(H,31,35)/t21?,22?,24-,25-,26-,27?/m0/s1. The van der Waals surface area contributed by atoms with Gasteiger partial charge in [-0.3, -0.25) is 14.5 Å². The number of hydrogen-bond acceptors (Lipinski definition) is 5. The van der Waals surface area contributed by atoms with E-state index in [-0.39, 0.29) is 35.7 Å². The second kappa shape index (κ2) is 13.6. The summed E-state index contributed by atoms with van der Waals surface area (Å²) in [6.45, 7) is 17.8. The minimum absolute atomic E-state index is 0.0833. The van der Waals surface area contributed by atoms with Crippen LogP contribution in [0.25, 0.3) is 0 Å². The van der Waals surface area contributed by atoms with Gasteiger partial charge in [-0.15, -0.1) is 0 Å². The molecular formula is C29H54N4O3. The van der Waals surface area contributed by atoms with Gasteiger partial charge in [0, 0.05) is 43.1 Å². The Bertz CT molecular complexity index is 707. The zero-order chi connectivity index (χ0) is 26.4. The molecule has 3 fully saturated rings. The smallest absolute Gasteiger partial charge is 0.223 e. The summed E-state index contributed by atoms with van der Waals surface area (Å²) in [7, 11) is 2.19. The molecule has 7 nitrogen and oxygen atoms in total. The first-order valence-corrected chi connectivity index (χ1v) is 14.7. The van der Waals surface area contributed by atoms with Crippen molar-refractivity contribution < 1.29 is 14.3 Å². The third-order valence-electron chi connectivity index (χ3n) is 9.06. The van der Waals surface area contributed by atoms with Crippen molar-refractivity contribution in [2.75, 3.05) is 39.8 Å². The summed E-state index contributed by atoms with van der Waals surface area (Å²) in [5.41, 5.74) is 0. The fourth-order valence-electron chi connectivity index (χ4n) is 5.95. The van der Waals surface area contributed by atoms with Gasteiger partial charge in [-0.1, -0.05) is 41.5 Å². The molecule has 3 rings (SSSR count). The fourth-order valence-corrected chi connectivity index (χ4v) is 5.95. The maximum Gasteiger partial charge on any atom is 0.223 e. The van der Waals surface area contributed by atoms with Crippen LogP contribution in [0, 0.1) is 29.6 Å². The van der Waals surface area contributed by atoms with Crippen LogP contribution < -0.4 is 10.6 Å². The summed E-state index contributed by atoms with van der Waals surface area (Å²) in [6.07, 6.45) is 6.50. The molecule has 208 valence electrons. The van der Waals surface area contributed by atoms with Crippen LogP contribution in [0.3, 0.4) is 0 Å². The van der Waals surface area contributed by atoms with E-state index in [4.69, 9.17) is 4.74 Å². The van der Waals surface area contributed by atoms with Crippen molar-refractivity contribution in [1.82, 2.24) is 20.4 Å². The highest BCUT2D eigenvalue weighted by atomic mass is 16.5. The number of rotatable bonds is 13. The van der Waals surface area contributed by atoms with E-state index in [1.165, 1.54) is 12.8 Å². The third-order valence-corrected chi connectivity index (χ3v) is 9.06. The first-order valence-electron chi connectivity index (χ1n) is 14.7. The number of amides is 2. The van der Waals surface area contributed by atoms with Crippen LogP contribution in [0.4, 0.5) is 0 Å². The molecule has 2 amide bonds. The van der Waals surface area contributed by atoms with Gasteiger partial charge in [0.05, 0.1) is 12.7 Å². The number of carbonyl (C=O) groups is 2. The number of fused-ring (bicyclic) bond motifs is 2. The second-order valence-electron chi connectivity index (χ2n) is 12.9. The van der Waals surface area contributed by atoms with Crippen LogP contribution in [0.2, 0.25) is 0 Å². The Labute approximate surface area is 220 Å². The lowest BCUT2D eigenvalue weighted by Gasteiger charge is -2.33. The lowest BCUT2D eigenvalue weighted by atomic mass is 9.86. The van der Waals surface area contributed by atoms with Gasteiger partial charge in [0.15, 0.2) is 0 Å². The maximum absolute atomic E-state index is 13.0. The molecule has 3 aliphatic rings. The molecule has 7 heteroatoms. The molecule has 0 spiro atoms. The predicted molar refractivity (Wildman–Crippen MR) is 146 cm³/mol. The molecule has 3 saturated heterocycles. The number of nitrogens with zero attached hydrogens (tertiary/aromatic N) is 2. The van der Waals surface area contributed by atoms with Gasteiger partial charge in [-0.2, -0.15) is 0 Å². The van der Waals surface area contributed by atoms with Crippen LogP contribution in [0.15, 0.2) is 0 Å². The Morgan fingerprint density at radius 2 is 1.44 bits per heavy atom. The fraction of sp³-hybridized carbons (Fsp3) is 0.931. The quantitative estimate of drug-likeness (QED) is 0.400. The molecule has 0 radical (unpaired) electrons. The summed E-state index contributed by atoms with van der Waals surface area (Å²) in [6, 6.07) is 0.887. The Balaban J connectivity index is 1.41. The summed E-state index contributed by atoms with van der Waals surface area (Å²) in [4.78, 5) is 30.9. The van der Waals surface area contributed by atoms with Crippen molar-refractivity contribution in [3.8, 4) is 0 Å². The van der Waals surface area contributed by atoms with Crippen molar-refractivity contribution in [3.63, 3.8) is 0 Å². The molecule has 2 N–H and O–H groups in total. The summed E-state index contributed by atoms with van der Waals surface area (Å²) in [5.74, 6) is 1.58. The van der Waals surface area contributed by atoms with E-state index in [9.17, 15) is 9.59 Å². The topological polar surface area (TPSA) is 73.9 Å². The first-order chi connectivity index (χ1) is 17.0. The Kier molecular flexibility index (Phi) is 11.1. The van der Waals surface area contributed by atoms with Gasteiger partial charge in [-0.05, 0) is 76.4 Å². The van der Waals surface area contributed by atoms with Crippen LogP contribution >= 0.6 is 0 Å². The Morgan fingerprint density at radius 3 is 1.92 bits per heavy atom. The number of morpholine rings is 1. The van der Waals surface area contributed by atoms with Crippen LogP contribution in [0.1, 0.15) is 80.1 Å². The Hall–Kier alpha value is -1.18. The van der Waals surface area contributed by atoms with E-state index in [1.807, 2.05) is 13.8 Å². The molecule has 2 bridgehead atoms. The van der Waals surface area contributed by atoms with Crippen LogP contribution in [-0.2, 0) is 14.3 Å². The monoisotopic (exact) mass is 506 g/mol. The SMILES string of the molecule is CC(CCC(C)C(=O)N[C@@H](CC1CCN(C)CC1)C(C)C)C(=O)NC(CN1C[C@@H]2C[C@H]1CO2)C(C)C. The van der Waals surface area contributed by atoms with E-state index in [2.05, 4.69) is 55.2 Å². The van der Waals surface area contributed by atoms with Crippen LogP contribution in [0.5, 0.6) is 0 Å². The molecule has 36 heavy (non-hydrogen) atoms. The first kappa shape index (κ1) is 29.4. The van der Waals surface area contributed by atoms with Gasteiger partial charge >= 0.3 is 0 Å². The molecule has 3 unspecified atom stereocenters. The van der Waals surface area contributed by atoms with Gasteiger partial charge in [0.1, 0.15) is 0 Å². The van der Waals surface area contributed by atoms with Crippen molar-refractivity contribution in [1.29, 1.82) is 0 Å². The number of nitrogens with one attached hydrogen (secondary N) is 2. The number of likely N-dealkylation sites (tertiary alicyclic amines) is 2. The number of hydrogen-bond donors (Lipinski definition) is 2. The lowest BCUT2D eigenvalue weighted by Crippen LogP contribution is -2.51. The van der Waals surface area contributed by atoms with Gasteiger partial charge < -0.3 is 20.3 Å². The zero-order valence-electron chi connectivity index (χ0n) is 24.1. The van der Waals surface area contributed by atoms with E-state index >= 15 is 0 Å². The van der Waals surface area contributed by atoms with E-state index in [0.29, 0.717) is 29.9 Å². The molecule has 0 aromatic rings. The molecule has 3 heterocycles. The highest BCUT2D eigenvalue weighted by Crippen LogP contribution is 2.28. The normalized spacial score (nSPS) is 26.8. The number of ether oxygens (including phenoxy) is 1. The number of carbonyl (C=O) groups excluding carboxylic acids is 2. The maximum atomic E-state index is 13.0. The number of piperidine rings is 1. The molecule has 0 aromatic carbocycles. The summed E-state index contributed by atoms with van der Waals surface area (Å²) < 4.78 is 5.73. The van der Waals surface area contributed by atoms with E-state index < -0.39 is 0 Å². The minimum atomic E-state index is -0.0972. The molecule has 0 aromatic heterocycles. The molecule has 0 saturated carbocycles. The van der Waals surface area contributed by atoms with Crippen molar-refractivity contribution in [3.05, 3.63) is 0 Å². The summed E-state index contributed by atoms with van der Waals surface area (Å²) in [5, 5.41) is 6.69. The highest BCUT2D eigenvalue weighted by Gasteiger charge is 2.40. The molecular weight excluding hydrogens is 452 g/mol. The van der Waals surface area contributed by atoms with Gasteiger partial charge in [0.25, 0.3) is 0 Å². The van der Waals surface area contributed by atoms with Crippen molar-refractivity contribution in [2.24, 2.45) is 29.6 Å². The van der Waals surface area contributed by atoms with Gasteiger partial charge in [0.2, 0.25) is 11.8 Å². The third kappa shape index (κ3) is 8.42. The highest BCUT2D eigenvalue weighted by molar-refractivity contribution is 5.80. The lowest BCUT2D eigenvalue weighted by molar-refractivity contribution is -0.128. The van der Waals surface area contributed by atoms with Crippen molar-refractivity contribution >= 4 is 11.8 Å². The second-order valence-corrected chi connectivity index (χ2v) is 12.9. The molecule has 0 aliphatic carbocycles.